The molecule has 1 aliphatic carbocycles. The van der Waals surface area contributed by atoms with Gasteiger partial charge >= 0.3 is 0 Å². The molecule has 1 heterocycles. The molecule has 2 aliphatic rings. The lowest BCUT2D eigenvalue weighted by molar-refractivity contribution is -0.119. The molecule has 2 unspecified atom stereocenters. The van der Waals surface area contributed by atoms with Crippen molar-refractivity contribution in [3.8, 4) is 5.75 Å². The number of fused-ring (bicyclic) bond motifs is 1. The fraction of sp³-hybridized carbons (Fsp3) is 0.409. The SMILES string of the molecule is NC(=O)COc1ccc2c(c1)C(Cc1cccc(Cl)c1)C(N1CCC1)CC2. The third-order valence-corrected chi connectivity index (χ3v) is 6.01. The number of amides is 1. The summed E-state index contributed by atoms with van der Waals surface area (Å²) in [6, 6.07) is 14.9. The molecule has 1 fully saturated rings. The molecule has 4 nitrogen and oxygen atoms in total. The first-order valence-electron chi connectivity index (χ1n) is 9.62. The van der Waals surface area contributed by atoms with Gasteiger partial charge in [-0.25, -0.2) is 0 Å². The largest absolute Gasteiger partial charge is 0.484 e. The molecule has 4 rings (SSSR count). The van der Waals surface area contributed by atoms with Gasteiger partial charge in [-0.05, 0) is 79.7 Å². The zero-order valence-corrected chi connectivity index (χ0v) is 16.1. The van der Waals surface area contributed by atoms with Crippen molar-refractivity contribution < 1.29 is 9.53 Å². The van der Waals surface area contributed by atoms with Gasteiger partial charge in [-0.3, -0.25) is 9.69 Å². The topological polar surface area (TPSA) is 55.6 Å². The molecule has 0 aromatic heterocycles. The Labute approximate surface area is 165 Å². The molecule has 27 heavy (non-hydrogen) atoms. The number of ether oxygens (including phenoxy) is 1. The quantitative estimate of drug-likeness (QED) is 0.828. The number of aryl methyl sites for hydroxylation is 1. The number of likely N-dealkylation sites (tertiary alicyclic amines) is 1. The highest BCUT2D eigenvalue weighted by atomic mass is 35.5. The van der Waals surface area contributed by atoms with E-state index in [-0.39, 0.29) is 6.61 Å². The zero-order valence-electron chi connectivity index (χ0n) is 15.4. The van der Waals surface area contributed by atoms with Crippen molar-refractivity contribution in [2.24, 2.45) is 5.73 Å². The summed E-state index contributed by atoms with van der Waals surface area (Å²) in [5, 5.41) is 0.780. The van der Waals surface area contributed by atoms with Gasteiger partial charge < -0.3 is 10.5 Å². The number of primary amides is 1. The average molecular weight is 385 g/mol. The highest BCUT2D eigenvalue weighted by Gasteiger charge is 2.36. The Hall–Kier alpha value is -2.04. The van der Waals surface area contributed by atoms with E-state index in [1.807, 2.05) is 18.2 Å². The standard InChI is InChI=1S/C22H25ClN2O2/c23-17-4-1-3-15(11-17)12-20-19-13-18(27-14-22(24)26)7-5-16(19)6-8-21(20)25-9-2-10-25/h1,3-5,7,11,13,20-21H,2,6,8-10,12,14H2,(H2,24,26). The van der Waals surface area contributed by atoms with Crippen molar-refractivity contribution in [1.29, 1.82) is 0 Å². The van der Waals surface area contributed by atoms with Crippen LogP contribution in [0.2, 0.25) is 5.02 Å². The van der Waals surface area contributed by atoms with Crippen LogP contribution in [0, 0.1) is 0 Å². The van der Waals surface area contributed by atoms with E-state index in [1.54, 1.807) is 0 Å². The lowest BCUT2D eigenvalue weighted by atomic mass is 9.75. The van der Waals surface area contributed by atoms with Crippen LogP contribution in [0.1, 0.15) is 35.4 Å². The lowest BCUT2D eigenvalue weighted by Crippen LogP contribution is -2.49. The summed E-state index contributed by atoms with van der Waals surface area (Å²) in [5.41, 5.74) is 9.20. The van der Waals surface area contributed by atoms with Crippen LogP contribution in [0.4, 0.5) is 0 Å². The highest BCUT2D eigenvalue weighted by Crippen LogP contribution is 2.40. The molecule has 0 spiro atoms. The van der Waals surface area contributed by atoms with E-state index in [9.17, 15) is 4.79 Å². The molecule has 1 aliphatic heterocycles. The van der Waals surface area contributed by atoms with Gasteiger partial charge in [-0.1, -0.05) is 29.8 Å². The summed E-state index contributed by atoms with van der Waals surface area (Å²) in [6.07, 6.45) is 4.50. The second-order valence-electron chi connectivity index (χ2n) is 7.55. The van der Waals surface area contributed by atoms with Gasteiger partial charge in [0.15, 0.2) is 6.61 Å². The van der Waals surface area contributed by atoms with Crippen LogP contribution < -0.4 is 10.5 Å². The minimum Gasteiger partial charge on any atom is -0.484 e. The van der Waals surface area contributed by atoms with Crippen molar-refractivity contribution in [3.63, 3.8) is 0 Å². The summed E-state index contributed by atoms with van der Waals surface area (Å²) in [7, 11) is 0. The molecule has 0 bridgehead atoms. The molecule has 5 heteroatoms. The number of carbonyl (C=O) groups excluding carboxylic acids is 1. The number of carbonyl (C=O) groups is 1. The van der Waals surface area contributed by atoms with Crippen LogP contribution in [0.15, 0.2) is 42.5 Å². The maximum Gasteiger partial charge on any atom is 0.255 e. The van der Waals surface area contributed by atoms with Crippen LogP contribution >= 0.6 is 11.6 Å². The molecule has 0 radical (unpaired) electrons. The molecule has 2 N–H and O–H groups in total. The maximum atomic E-state index is 11.1. The van der Waals surface area contributed by atoms with Gasteiger partial charge in [0, 0.05) is 17.0 Å². The van der Waals surface area contributed by atoms with Gasteiger partial charge in [0.2, 0.25) is 0 Å². The molecule has 142 valence electrons. The number of nitrogens with zero attached hydrogens (tertiary/aromatic N) is 1. The van der Waals surface area contributed by atoms with Crippen LogP contribution in [0.3, 0.4) is 0 Å². The molecular formula is C22H25ClN2O2. The van der Waals surface area contributed by atoms with Crippen molar-refractivity contribution in [3.05, 3.63) is 64.2 Å². The summed E-state index contributed by atoms with van der Waals surface area (Å²) in [6.45, 7) is 2.28. The summed E-state index contributed by atoms with van der Waals surface area (Å²) >= 11 is 6.22. The van der Waals surface area contributed by atoms with Crippen molar-refractivity contribution in [2.75, 3.05) is 19.7 Å². The van der Waals surface area contributed by atoms with E-state index in [4.69, 9.17) is 22.1 Å². The Bertz CT molecular complexity index is 835. The van der Waals surface area contributed by atoms with E-state index in [2.05, 4.69) is 29.2 Å². The maximum absolute atomic E-state index is 11.1. The van der Waals surface area contributed by atoms with Gasteiger partial charge in [-0.15, -0.1) is 0 Å². The van der Waals surface area contributed by atoms with Crippen molar-refractivity contribution in [2.45, 2.75) is 37.6 Å². The molecule has 2 atom stereocenters. The first-order valence-corrected chi connectivity index (χ1v) is 10.0. The van der Waals surface area contributed by atoms with E-state index in [1.165, 1.54) is 42.6 Å². The van der Waals surface area contributed by atoms with Gasteiger partial charge in [0.05, 0.1) is 0 Å². The third-order valence-electron chi connectivity index (χ3n) is 5.78. The number of rotatable bonds is 6. The smallest absolute Gasteiger partial charge is 0.255 e. The van der Waals surface area contributed by atoms with Gasteiger partial charge in [0.25, 0.3) is 5.91 Å². The average Bonchev–Trinajstić information content (AvgIpc) is 2.60. The summed E-state index contributed by atoms with van der Waals surface area (Å²) in [5.74, 6) is 0.652. The first-order chi connectivity index (χ1) is 13.1. The Morgan fingerprint density at radius 3 is 2.78 bits per heavy atom. The van der Waals surface area contributed by atoms with E-state index in [0.717, 1.165) is 17.9 Å². The van der Waals surface area contributed by atoms with E-state index < -0.39 is 5.91 Å². The van der Waals surface area contributed by atoms with Crippen LogP contribution in [0.5, 0.6) is 5.75 Å². The molecule has 1 amide bonds. The van der Waals surface area contributed by atoms with Gasteiger partial charge in [-0.2, -0.15) is 0 Å². The van der Waals surface area contributed by atoms with Crippen LogP contribution in [-0.4, -0.2) is 36.5 Å². The number of hydrogen-bond donors (Lipinski definition) is 1. The summed E-state index contributed by atoms with van der Waals surface area (Å²) in [4.78, 5) is 13.7. The first kappa shape index (κ1) is 18.3. The van der Waals surface area contributed by atoms with E-state index in [0.29, 0.717) is 17.7 Å². The Morgan fingerprint density at radius 1 is 1.22 bits per heavy atom. The highest BCUT2D eigenvalue weighted by molar-refractivity contribution is 6.30. The predicted octanol–water partition coefficient (Wildman–Crippen LogP) is 3.55. The zero-order chi connectivity index (χ0) is 18.8. The third kappa shape index (κ3) is 4.12. The minimum absolute atomic E-state index is 0.0900. The summed E-state index contributed by atoms with van der Waals surface area (Å²) < 4.78 is 5.58. The Morgan fingerprint density at radius 2 is 2.07 bits per heavy atom. The fourth-order valence-electron chi connectivity index (χ4n) is 4.38. The number of nitrogens with two attached hydrogens (primary N) is 1. The molecule has 1 saturated heterocycles. The second kappa shape index (κ2) is 7.91. The Kier molecular flexibility index (Phi) is 5.37. The molecule has 0 saturated carbocycles. The van der Waals surface area contributed by atoms with Crippen LogP contribution in [-0.2, 0) is 17.6 Å². The molecule has 2 aromatic carbocycles. The van der Waals surface area contributed by atoms with Crippen molar-refractivity contribution in [1.82, 2.24) is 4.90 Å². The Balaban J connectivity index is 1.65. The number of benzene rings is 2. The molecule has 2 aromatic rings. The normalized spacial score (nSPS) is 22.0. The lowest BCUT2D eigenvalue weighted by Gasteiger charge is -2.45. The monoisotopic (exact) mass is 384 g/mol. The van der Waals surface area contributed by atoms with Gasteiger partial charge in [0.1, 0.15) is 5.75 Å². The number of halogens is 1. The van der Waals surface area contributed by atoms with Crippen LogP contribution in [0.25, 0.3) is 0 Å². The predicted molar refractivity (Wildman–Crippen MR) is 107 cm³/mol. The van der Waals surface area contributed by atoms with Crippen molar-refractivity contribution >= 4 is 17.5 Å². The second-order valence-corrected chi connectivity index (χ2v) is 7.99. The number of hydrogen-bond acceptors (Lipinski definition) is 3. The minimum atomic E-state index is -0.457. The fourth-order valence-corrected chi connectivity index (χ4v) is 4.59. The van der Waals surface area contributed by atoms with E-state index >= 15 is 0 Å². The molecular weight excluding hydrogens is 360 g/mol.